The fourth-order valence-corrected chi connectivity index (χ4v) is 10.8. The zero-order valence-corrected chi connectivity index (χ0v) is 34.8. The van der Waals surface area contributed by atoms with Gasteiger partial charge >= 0.3 is 6.09 Å². The van der Waals surface area contributed by atoms with Crippen LogP contribution >= 0.6 is 22.7 Å². The Morgan fingerprint density at radius 3 is 1.98 bits per heavy atom. The van der Waals surface area contributed by atoms with Crippen LogP contribution in [-0.4, -0.2) is 90.1 Å². The van der Waals surface area contributed by atoms with E-state index in [0.717, 1.165) is 74.9 Å². The maximum atomic E-state index is 13.6. The van der Waals surface area contributed by atoms with Gasteiger partial charge in [0.25, 0.3) is 5.91 Å². The summed E-state index contributed by atoms with van der Waals surface area (Å²) in [7, 11) is 0. The summed E-state index contributed by atoms with van der Waals surface area (Å²) in [6.45, 7) is 8.46. The van der Waals surface area contributed by atoms with Crippen molar-refractivity contribution in [1.29, 1.82) is 0 Å². The Hall–Kier alpha value is -5.87. The predicted octanol–water partition coefficient (Wildman–Crippen LogP) is 7.52. The number of aldehydes is 1. The third kappa shape index (κ3) is 7.74. The van der Waals surface area contributed by atoms with Crippen molar-refractivity contribution < 1.29 is 29.1 Å². The van der Waals surface area contributed by atoms with Crippen LogP contribution in [0.4, 0.5) is 4.79 Å². The van der Waals surface area contributed by atoms with E-state index in [9.17, 15) is 29.1 Å². The largest absolute Gasteiger partial charge is 0.465 e. The van der Waals surface area contributed by atoms with Crippen molar-refractivity contribution in [3.05, 3.63) is 71.1 Å². The number of H-pyrrole nitrogens is 2. The van der Waals surface area contributed by atoms with Crippen molar-refractivity contribution in [2.45, 2.75) is 77.5 Å². The number of aromatic nitrogens is 4. The first-order valence-electron chi connectivity index (χ1n) is 19.9. The van der Waals surface area contributed by atoms with Crippen LogP contribution in [0, 0.1) is 11.8 Å². The van der Waals surface area contributed by atoms with Crippen LogP contribution in [0.3, 0.4) is 0 Å². The van der Waals surface area contributed by atoms with E-state index in [1.807, 2.05) is 46.0 Å². The molecule has 0 aliphatic carbocycles. The molecule has 4 amide bonds. The fourth-order valence-electron chi connectivity index (χ4n) is 8.39. The first-order chi connectivity index (χ1) is 28.4. The van der Waals surface area contributed by atoms with Gasteiger partial charge in [-0.1, -0.05) is 58.0 Å². The van der Waals surface area contributed by atoms with Gasteiger partial charge in [0, 0.05) is 35.0 Å². The Kier molecular flexibility index (Phi) is 11.1. The molecule has 0 saturated carbocycles. The lowest BCUT2D eigenvalue weighted by molar-refractivity contribution is -0.140. The molecule has 8 rings (SSSR count). The van der Waals surface area contributed by atoms with Gasteiger partial charge < -0.3 is 35.5 Å². The second-order valence-electron chi connectivity index (χ2n) is 16.0. The van der Waals surface area contributed by atoms with E-state index in [0.29, 0.717) is 24.7 Å². The number of carbonyl (C=O) groups excluding carboxylic acids is 4. The minimum atomic E-state index is -1.21. The Bertz CT molecular complexity index is 2550. The van der Waals surface area contributed by atoms with Gasteiger partial charge in [0.2, 0.25) is 18.1 Å². The number of imidazole rings is 2. The lowest BCUT2D eigenvalue weighted by Crippen LogP contribution is -2.51. The molecule has 2 fully saturated rings. The summed E-state index contributed by atoms with van der Waals surface area (Å²) in [5.41, 5.74) is 7.94. The van der Waals surface area contributed by atoms with Crippen LogP contribution in [0.15, 0.2) is 59.4 Å². The monoisotopic (exact) mass is 834 g/mol. The number of rotatable bonds is 12. The molecule has 0 bridgehead atoms. The number of likely N-dealkylation sites (tertiary alicyclic amines) is 2. The first-order valence-corrected chi connectivity index (χ1v) is 21.7. The molecule has 59 heavy (non-hydrogen) atoms. The van der Waals surface area contributed by atoms with Crippen molar-refractivity contribution in [3.8, 4) is 33.5 Å². The molecule has 6 heterocycles. The Morgan fingerprint density at radius 1 is 0.780 bits per heavy atom. The molecule has 2 aliphatic rings. The number of nitrogens with zero attached hydrogens (tertiary/aromatic N) is 4. The minimum absolute atomic E-state index is 0.188. The number of carboxylic acid groups (broad SMARTS) is 1. The number of fused-ring (bicyclic) bond motifs is 2. The third-order valence-corrected chi connectivity index (χ3v) is 13.6. The molecular weight excluding hydrogens is 789 g/mol. The van der Waals surface area contributed by atoms with Gasteiger partial charge in [0.15, 0.2) is 0 Å². The van der Waals surface area contributed by atoms with E-state index in [2.05, 4.69) is 61.7 Å². The molecule has 2 aromatic carbocycles. The summed E-state index contributed by atoms with van der Waals surface area (Å²) >= 11 is 3.37. The van der Waals surface area contributed by atoms with Crippen molar-refractivity contribution in [3.63, 3.8) is 0 Å². The average Bonchev–Trinajstić information content (AvgIpc) is 4.07. The van der Waals surface area contributed by atoms with E-state index >= 15 is 0 Å². The maximum Gasteiger partial charge on any atom is 0.405 e. The van der Waals surface area contributed by atoms with Crippen molar-refractivity contribution in [2.24, 2.45) is 11.8 Å². The molecule has 2 saturated heterocycles. The highest BCUT2D eigenvalue weighted by Gasteiger charge is 2.39. The molecule has 0 radical (unpaired) electrons. The Labute approximate surface area is 348 Å². The van der Waals surface area contributed by atoms with Gasteiger partial charge in [0.1, 0.15) is 23.7 Å². The van der Waals surface area contributed by atoms with Crippen LogP contribution in [-0.2, 0) is 19.2 Å². The molecule has 4 atom stereocenters. The van der Waals surface area contributed by atoms with E-state index < -0.39 is 24.1 Å². The van der Waals surface area contributed by atoms with Crippen LogP contribution < -0.4 is 10.6 Å². The number of benzene rings is 2. The summed E-state index contributed by atoms with van der Waals surface area (Å²) in [6, 6.07) is 12.5. The van der Waals surface area contributed by atoms with Gasteiger partial charge in [-0.3, -0.25) is 19.2 Å². The summed E-state index contributed by atoms with van der Waals surface area (Å²) in [4.78, 5) is 81.4. The second kappa shape index (κ2) is 16.4. The van der Waals surface area contributed by atoms with E-state index in [1.165, 1.54) is 4.70 Å². The molecular formula is C43H46N8O6S2. The molecule has 2 aliphatic heterocycles. The topological polar surface area (TPSA) is 193 Å². The van der Waals surface area contributed by atoms with Crippen LogP contribution in [0.2, 0.25) is 0 Å². The number of thiophene rings is 2. The van der Waals surface area contributed by atoms with Crippen LogP contribution in [0.5, 0.6) is 0 Å². The smallest absolute Gasteiger partial charge is 0.405 e. The highest BCUT2D eigenvalue weighted by molar-refractivity contribution is 7.27. The summed E-state index contributed by atoms with van der Waals surface area (Å²) in [5.74, 6) is -0.223. The number of hydrogen-bond acceptors (Lipinski definition) is 9. The SMILES string of the molecule is CC(C)[C@H](NC(=O)O)C(=O)N1CCCC1c1ncc(-c2csc3c(-c4ccc(-c5ccc6nc(C7CCCN7C(=O)[C@H](NC(=O)C=O)C(C)C)[nH]c6c5)cc4)csc23)[nH]1. The van der Waals surface area contributed by atoms with E-state index in [-0.39, 0.29) is 42.0 Å². The van der Waals surface area contributed by atoms with Gasteiger partial charge in [-0.15, -0.1) is 22.7 Å². The number of hydrogen-bond donors (Lipinski definition) is 5. The van der Waals surface area contributed by atoms with Crippen molar-refractivity contribution >= 4 is 73.2 Å². The molecule has 14 nitrogen and oxygen atoms in total. The molecule has 5 N–H and O–H groups in total. The quantitative estimate of drug-likeness (QED) is 0.0617. The van der Waals surface area contributed by atoms with E-state index in [1.54, 1.807) is 32.5 Å². The third-order valence-electron chi connectivity index (χ3n) is 11.5. The van der Waals surface area contributed by atoms with Crippen molar-refractivity contribution in [2.75, 3.05) is 13.1 Å². The standard InChI is InChI=1S/C43H46N8O6S2/c1-22(2)35(48-34(53)19-52)41(54)51-16-6-8-33(51)40-45-29-14-13-26(17-30(29)46-40)24-9-11-25(12-10-24)27-20-58-38-28(21-59-37(27)38)31-18-44-39(47-31)32-7-5-15-50(32)42(55)36(23(3)4)49-43(56)57/h9-14,17-23,32-33,35-36,49H,5-8,15-16H2,1-4H3,(H,44,47)(H,45,46)(H,48,53)(H,56,57)/t32?,33?,35-,36+/m1/s1. The number of aromatic amines is 2. The zero-order chi connectivity index (χ0) is 41.5. The lowest BCUT2D eigenvalue weighted by Gasteiger charge is -2.29. The maximum absolute atomic E-state index is 13.6. The molecule has 16 heteroatoms. The first kappa shape index (κ1) is 39.9. The summed E-state index contributed by atoms with van der Waals surface area (Å²) < 4.78 is 2.34. The molecule has 306 valence electrons. The highest BCUT2D eigenvalue weighted by Crippen LogP contribution is 2.44. The van der Waals surface area contributed by atoms with Crippen LogP contribution in [0.1, 0.15) is 77.1 Å². The molecule has 2 unspecified atom stereocenters. The number of amides is 4. The number of carbonyl (C=O) groups is 5. The average molecular weight is 835 g/mol. The minimum Gasteiger partial charge on any atom is -0.465 e. The Morgan fingerprint density at radius 2 is 1.36 bits per heavy atom. The van der Waals surface area contributed by atoms with Crippen LogP contribution in [0.25, 0.3) is 53.9 Å². The van der Waals surface area contributed by atoms with Gasteiger partial charge in [-0.2, -0.15) is 0 Å². The van der Waals surface area contributed by atoms with E-state index in [4.69, 9.17) is 9.97 Å². The normalized spacial score (nSPS) is 17.9. The summed E-state index contributed by atoms with van der Waals surface area (Å²) in [6.07, 6.45) is 3.92. The molecule has 0 spiro atoms. The predicted molar refractivity (Wildman–Crippen MR) is 228 cm³/mol. The molecule has 4 aromatic heterocycles. The lowest BCUT2D eigenvalue weighted by atomic mass is 10.0. The fraction of sp³-hybridized carbons (Fsp3) is 0.372. The van der Waals surface area contributed by atoms with Gasteiger partial charge in [-0.25, -0.2) is 14.8 Å². The highest BCUT2D eigenvalue weighted by atomic mass is 32.1. The Balaban J connectivity index is 0.979. The van der Waals surface area contributed by atoms with Gasteiger partial charge in [-0.05, 0) is 66.3 Å². The number of nitrogens with one attached hydrogen (secondary N) is 4. The second-order valence-corrected chi connectivity index (χ2v) is 17.7. The van der Waals surface area contributed by atoms with Gasteiger partial charge in [0.05, 0.1) is 44.4 Å². The van der Waals surface area contributed by atoms with Crippen molar-refractivity contribution in [1.82, 2.24) is 40.4 Å². The summed E-state index contributed by atoms with van der Waals surface area (Å²) in [5, 5.41) is 18.6. The molecule has 6 aromatic rings. The zero-order valence-electron chi connectivity index (χ0n) is 33.2.